The standard InChI is InChI=1S/C14H24N2O2/c1-10-8-18-9-11(2)16(10)13(17)12-7-14(12)3-5-15-6-4-14/h10-12,15H,3-9H2,1-2H3/t10-,11-,12-/m1/s1. The third kappa shape index (κ3) is 1.95. The number of nitrogens with zero attached hydrogens (tertiary/aromatic N) is 1. The van der Waals surface area contributed by atoms with Crippen molar-refractivity contribution in [1.29, 1.82) is 0 Å². The monoisotopic (exact) mass is 252 g/mol. The number of nitrogens with one attached hydrogen (secondary N) is 1. The van der Waals surface area contributed by atoms with Crippen LogP contribution in [0.1, 0.15) is 33.1 Å². The minimum Gasteiger partial charge on any atom is -0.377 e. The molecular formula is C14H24N2O2. The maximum atomic E-state index is 12.7. The van der Waals surface area contributed by atoms with Crippen LogP contribution in [0.4, 0.5) is 0 Å². The van der Waals surface area contributed by atoms with Crippen molar-refractivity contribution < 1.29 is 9.53 Å². The summed E-state index contributed by atoms with van der Waals surface area (Å²) in [6.45, 7) is 7.75. The maximum absolute atomic E-state index is 12.7. The summed E-state index contributed by atoms with van der Waals surface area (Å²) in [4.78, 5) is 14.8. The van der Waals surface area contributed by atoms with E-state index >= 15 is 0 Å². The van der Waals surface area contributed by atoms with E-state index in [1.165, 1.54) is 12.8 Å². The van der Waals surface area contributed by atoms with Gasteiger partial charge in [0.1, 0.15) is 0 Å². The van der Waals surface area contributed by atoms with E-state index in [2.05, 4.69) is 24.1 Å². The van der Waals surface area contributed by atoms with Gasteiger partial charge in [0, 0.05) is 5.92 Å². The van der Waals surface area contributed by atoms with Gasteiger partial charge in [0.05, 0.1) is 25.3 Å². The molecule has 0 aromatic carbocycles. The van der Waals surface area contributed by atoms with Gasteiger partial charge in [0.25, 0.3) is 0 Å². The lowest BCUT2D eigenvalue weighted by Crippen LogP contribution is -2.53. The Hall–Kier alpha value is -0.610. The summed E-state index contributed by atoms with van der Waals surface area (Å²) in [6.07, 6.45) is 3.47. The topological polar surface area (TPSA) is 41.6 Å². The van der Waals surface area contributed by atoms with Gasteiger partial charge in [-0.3, -0.25) is 4.79 Å². The molecule has 1 saturated carbocycles. The minimum absolute atomic E-state index is 0.237. The minimum atomic E-state index is 0.237. The van der Waals surface area contributed by atoms with Crippen molar-refractivity contribution in [2.75, 3.05) is 26.3 Å². The first-order chi connectivity index (χ1) is 8.64. The van der Waals surface area contributed by atoms with Gasteiger partial charge < -0.3 is 15.0 Å². The average Bonchev–Trinajstić information content (AvgIpc) is 3.03. The third-order valence-corrected chi connectivity index (χ3v) is 5.01. The molecule has 0 unspecified atom stereocenters. The van der Waals surface area contributed by atoms with Crippen LogP contribution < -0.4 is 5.32 Å². The molecule has 0 aromatic heterocycles. The van der Waals surface area contributed by atoms with Gasteiger partial charge in [-0.2, -0.15) is 0 Å². The highest BCUT2D eigenvalue weighted by molar-refractivity contribution is 5.83. The highest BCUT2D eigenvalue weighted by Gasteiger charge is 2.59. The van der Waals surface area contributed by atoms with Crippen molar-refractivity contribution in [2.24, 2.45) is 11.3 Å². The van der Waals surface area contributed by atoms with E-state index in [9.17, 15) is 4.79 Å². The molecule has 102 valence electrons. The summed E-state index contributed by atoms with van der Waals surface area (Å²) < 4.78 is 5.51. The van der Waals surface area contributed by atoms with Crippen LogP contribution >= 0.6 is 0 Å². The smallest absolute Gasteiger partial charge is 0.226 e. The SMILES string of the molecule is C[C@@H]1COC[C@@H](C)N1C(=O)[C@H]1CC12CCNCC2. The number of amides is 1. The Morgan fingerprint density at radius 3 is 2.44 bits per heavy atom. The number of hydrogen-bond donors (Lipinski definition) is 1. The quantitative estimate of drug-likeness (QED) is 0.757. The largest absolute Gasteiger partial charge is 0.377 e. The predicted octanol–water partition coefficient (Wildman–Crippen LogP) is 1.01. The van der Waals surface area contributed by atoms with Crippen molar-refractivity contribution in [3.63, 3.8) is 0 Å². The second-order valence-electron chi connectivity index (χ2n) is 6.35. The number of carbonyl (C=O) groups is 1. The first-order valence-corrected chi connectivity index (χ1v) is 7.25. The van der Waals surface area contributed by atoms with Gasteiger partial charge >= 0.3 is 0 Å². The molecule has 1 spiro atoms. The zero-order valence-corrected chi connectivity index (χ0v) is 11.4. The van der Waals surface area contributed by atoms with E-state index in [-0.39, 0.29) is 12.1 Å². The molecule has 3 atom stereocenters. The summed E-state index contributed by atoms with van der Waals surface area (Å²) >= 11 is 0. The van der Waals surface area contributed by atoms with Crippen LogP contribution in [0.2, 0.25) is 0 Å². The van der Waals surface area contributed by atoms with Crippen LogP contribution in [-0.4, -0.2) is 49.2 Å². The van der Waals surface area contributed by atoms with Gasteiger partial charge in [0.2, 0.25) is 5.91 Å². The highest BCUT2D eigenvalue weighted by Crippen LogP contribution is 2.59. The summed E-state index contributed by atoms with van der Waals surface area (Å²) in [7, 11) is 0. The number of ether oxygens (including phenoxy) is 1. The lowest BCUT2D eigenvalue weighted by atomic mass is 9.91. The first-order valence-electron chi connectivity index (χ1n) is 7.25. The molecule has 4 heteroatoms. The summed E-state index contributed by atoms with van der Waals surface area (Å²) in [5, 5.41) is 3.39. The second kappa shape index (κ2) is 4.49. The molecular weight excluding hydrogens is 228 g/mol. The normalized spacial score (nSPS) is 38.8. The van der Waals surface area contributed by atoms with Gasteiger partial charge in [-0.1, -0.05) is 0 Å². The summed E-state index contributed by atoms with van der Waals surface area (Å²) in [6, 6.07) is 0.473. The first kappa shape index (κ1) is 12.4. The van der Waals surface area contributed by atoms with Crippen LogP contribution in [0.15, 0.2) is 0 Å². The fraction of sp³-hybridized carbons (Fsp3) is 0.929. The lowest BCUT2D eigenvalue weighted by Gasteiger charge is -2.39. The second-order valence-corrected chi connectivity index (χ2v) is 6.35. The summed E-state index contributed by atoms with van der Waals surface area (Å²) in [5.74, 6) is 0.683. The molecule has 2 heterocycles. The maximum Gasteiger partial charge on any atom is 0.226 e. The Balaban J connectivity index is 1.68. The van der Waals surface area contributed by atoms with Gasteiger partial charge in [0.15, 0.2) is 0 Å². The van der Waals surface area contributed by atoms with Crippen LogP contribution in [0, 0.1) is 11.3 Å². The fourth-order valence-electron chi connectivity index (χ4n) is 3.79. The molecule has 3 fully saturated rings. The molecule has 1 aliphatic carbocycles. The summed E-state index contributed by atoms with van der Waals surface area (Å²) in [5.41, 5.74) is 0.347. The van der Waals surface area contributed by atoms with E-state index in [4.69, 9.17) is 4.74 Å². The van der Waals surface area contributed by atoms with Crippen LogP contribution in [-0.2, 0) is 9.53 Å². The number of hydrogen-bond acceptors (Lipinski definition) is 3. The number of rotatable bonds is 1. The van der Waals surface area contributed by atoms with Gasteiger partial charge in [-0.15, -0.1) is 0 Å². The molecule has 1 N–H and O–H groups in total. The zero-order chi connectivity index (χ0) is 12.8. The molecule has 3 aliphatic rings. The van der Waals surface area contributed by atoms with Crippen LogP contribution in [0.25, 0.3) is 0 Å². The van der Waals surface area contributed by atoms with E-state index in [1.54, 1.807) is 0 Å². The Labute approximate surface area is 109 Å². The van der Waals surface area contributed by atoms with Crippen LogP contribution in [0.5, 0.6) is 0 Å². The van der Waals surface area contributed by atoms with Gasteiger partial charge in [-0.05, 0) is 51.6 Å². The molecule has 0 bridgehead atoms. The van der Waals surface area contributed by atoms with Gasteiger partial charge in [-0.25, -0.2) is 0 Å². The Morgan fingerprint density at radius 2 is 1.83 bits per heavy atom. The Kier molecular flexibility index (Phi) is 3.10. The molecule has 1 amide bonds. The molecule has 0 aromatic rings. The molecule has 4 nitrogen and oxygen atoms in total. The van der Waals surface area contributed by atoms with Crippen molar-refractivity contribution in [1.82, 2.24) is 10.2 Å². The highest BCUT2D eigenvalue weighted by atomic mass is 16.5. The Morgan fingerprint density at radius 1 is 1.22 bits per heavy atom. The number of carbonyl (C=O) groups excluding carboxylic acids is 1. The Bertz CT molecular complexity index is 329. The van der Waals surface area contributed by atoms with Crippen molar-refractivity contribution in [3.8, 4) is 0 Å². The molecule has 3 rings (SSSR count). The molecule has 0 radical (unpaired) electrons. The predicted molar refractivity (Wildman–Crippen MR) is 69.2 cm³/mol. The van der Waals surface area contributed by atoms with Crippen molar-refractivity contribution in [2.45, 2.75) is 45.2 Å². The molecule has 2 saturated heterocycles. The van der Waals surface area contributed by atoms with E-state index in [1.807, 2.05) is 0 Å². The average molecular weight is 252 g/mol. The lowest BCUT2D eigenvalue weighted by molar-refractivity contribution is -0.146. The molecule has 2 aliphatic heterocycles. The van der Waals surface area contributed by atoms with Crippen molar-refractivity contribution in [3.05, 3.63) is 0 Å². The molecule has 18 heavy (non-hydrogen) atoms. The van der Waals surface area contributed by atoms with E-state index in [0.717, 1.165) is 19.5 Å². The number of piperidine rings is 1. The van der Waals surface area contributed by atoms with Crippen molar-refractivity contribution >= 4 is 5.91 Å². The van der Waals surface area contributed by atoms with E-state index < -0.39 is 0 Å². The van der Waals surface area contributed by atoms with Crippen LogP contribution in [0.3, 0.4) is 0 Å². The number of morpholine rings is 1. The zero-order valence-electron chi connectivity index (χ0n) is 11.4. The third-order valence-electron chi connectivity index (χ3n) is 5.01. The fourth-order valence-corrected chi connectivity index (χ4v) is 3.79. The van der Waals surface area contributed by atoms with E-state index in [0.29, 0.717) is 30.5 Å².